The molecule has 0 fully saturated rings. The minimum atomic E-state index is -4.64. The average molecular weight is 772 g/mol. The molecule has 8 aromatic carbocycles. The first kappa shape index (κ1) is 36.0. The van der Waals surface area contributed by atoms with Crippen LogP contribution in [0.1, 0.15) is 22.3 Å². The van der Waals surface area contributed by atoms with Crippen molar-refractivity contribution in [3.63, 3.8) is 0 Å². The molecule has 0 atom stereocenters. The summed E-state index contributed by atoms with van der Waals surface area (Å²) in [7, 11) is 0. The van der Waals surface area contributed by atoms with Crippen LogP contribution in [0, 0.1) is 27.3 Å². The molecule has 2 heterocycles. The number of hydrogen-bond acceptors (Lipinski definition) is 0. The number of alkyl halides is 3. The zero-order valence-corrected chi connectivity index (χ0v) is 32.6. The van der Waals surface area contributed by atoms with Gasteiger partial charge in [0.1, 0.15) is 0 Å². The summed E-state index contributed by atoms with van der Waals surface area (Å²) in [6.45, 7) is 14.3. The Morgan fingerprint density at radius 3 is 1.41 bits per heavy atom. The molecule has 284 valence electrons. The van der Waals surface area contributed by atoms with Crippen molar-refractivity contribution in [2.75, 3.05) is 0 Å². The van der Waals surface area contributed by atoms with Gasteiger partial charge in [-0.3, -0.25) is 0 Å². The van der Waals surface area contributed by atoms with E-state index >= 15 is 0 Å². The molecule has 0 bridgehead atoms. The van der Waals surface area contributed by atoms with Crippen molar-refractivity contribution < 1.29 is 13.2 Å². The van der Waals surface area contributed by atoms with Gasteiger partial charge in [-0.1, -0.05) is 120 Å². The number of aromatic nitrogens is 2. The third kappa shape index (κ3) is 5.89. The molecule has 59 heavy (non-hydrogen) atoms. The lowest BCUT2D eigenvalue weighted by molar-refractivity contribution is -0.137. The minimum absolute atomic E-state index is 0.00573. The van der Waals surface area contributed by atoms with Crippen LogP contribution in [0.5, 0.6) is 0 Å². The predicted molar refractivity (Wildman–Crippen MR) is 237 cm³/mol. The maximum atomic E-state index is 14.9. The molecular formula is C53H36F3N3. The zero-order chi connectivity index (χ0) is 40.6. The smallest absolute Gasteiger partial charge is 0.308 e. The van der Waals surface area contributed by atoms with E-state index in [1.807, 2.05) is 24.3 Å². The Kier molecular flexibility index (Phi) is 8.33. The van der Waals surface area contributed by atoms with Crippen molar-refractivity contribution in [2.24, 2.45) is 0 Å². The van der Waals surface area contributed by atoms with Gasteiger partial charge in [0.2, 0.25) is 0 Å². The van der Waals surface area contributed by atoms with Crippen LogP contribution in [0.4, 0.5) is 18.9 Å². The summed E-state index contributed by atoms with van der Waals surface area (Å²) in [5.74, 6) is 0. The molecule has 6 heteroatoms. The summed E-state index contributed by atoms with van der Waals surface area (Å²) < 4.78 is 49.0. The first-order valence-corrected chi connectivity index (χ1v) is 19.5. The first-order chi connectivity index (χ1) is 28.6. The molecule has 0 amide bonds. The highest BCUT2D eigenvalue weighted by molar-refractivity contribution is 6.13. The molecule has 0 saturated heterocycles. The molecule has 0 unspecified atom stereocenters. The maximum Gasteiger partial charge on any atom is 0.416 e. The summed E-state index contributed by atoms with van der Waals surface area (Å²) >= 11 is 0. The average Bonchev–Trinajstić information content (AvgIpc) is 3.75. The number of halogens is 3. The molecule has 10 aromatic rings. The van der Waals surface area contributed by atoms with Gasteiger partial charge >= 0.3 is 6.18 Å². The van der Waals surface area contributed by atoms with Crippen molar-refractivity contribution in [1.82, 2.24) is 9.13 Å². The van der Waals surface area contributed by atoms with E-state index in [4.69, 9.17) is 6.57 Å². The second kappa shape index (κ2) is 13.6. The molecule has 0 N–H and O–H groups in total. The minimum Gasteiger partial charge on any atom is -0.308 e. The van der Waals surface area contributed by atoms with E-state index in [-0.39, 0.29) is 16.8 Å². The number of rotatable bonds is 5. The molecule has 0 aliphatic rings. The molecular weight excluding hydrogens is 736 g/mol. The van der Waals surface area contributed by atoms with Crippen LogP contribution in [0.2, 0.25) is 0 Å². The molecule has 0 saturated carbocycles. The molecule has 0 aliphatic carbocycles. The Morgan fingerprint density at radius 2 is 0.915 bits per heavy atom. The number of benzene rings is 8. The van der Waals surface area contributed by atoms with Gasteiger partial charge in [-0.25, -0.2) is 4.85 Å². The van der Waals surface area contributed by atoms with E-state index in [9.17, 15) is 13.2 Å². The molecule has 0 radical (unpaired) electrons. The lowest BCUT2D eigenvalue weighted by Crippen LogP contribution is -2.09. The Labute approximate surface area is 339 Å². The number of hydrogen-bond donors (Lipinski definition) is 0. The van der Waals surface area contributed by atoms with E-state index in [0.717, 1.165) is 71.9 Å². The lowest BCUT2D eigenvalue weighted by Gasteiger charge is -2.22. The lowest BCUT2D eigenvalue weighted by atomic mass is 9.92. The quantitative estimate of drug-likeness (QED) is 0.155. The van der Waals surface area contributed by atoms with Crippen LogP contribution < -0.4 is 0 Å². The van der Waals surface area contributed by atoms with Gasteiger partial charge in [-0.05, 0) is 114 Å². The van der Waals surface area contributed by atoms with Gasteiger partial charge in [0.05, 0.1) is 45.6 Å². The van der Waals surface area contributed by atoms with Gasteiger partial charge in [-0.15, -0.1) is 0 Å². The summed E-state index contributed by atoms with van der Waals surface area (Å²) in [5.41, 5.74) is 11.7. The topological polar surface area (TPSA) is 14.2 Å². The first-order valence-electron chi connectivity index (χ1n) is 19.5. The van der Waals surface area contributed by atoms with Crippen LogP contribution in [-0.2, 0) is 6.18 Å². The fourth-order valence-corrected chi connectivity index (χ4v) is 8.79. The second-order valence-electron chi connectivity index (χ2n) is 15.4. The fourth-order valence-electron chi connectivity index (χ4n) is 8.79. The van der Waals surface area contributed by atoms with Gasteiger partial charge in [0.15, 0.2) is 5.69 Å². The standard InChI is InChI=1S/C53H36F3N3/c1-32-16-20-35(21-17-32)37-24-26-48-41(28-37)39-11-5-7-14-46(39)58(48)50-30-43(52-34(3)10-9-13-44(52)53(54,55)56)45(57-4)31-51(50)59-47-15-8-6-12-40(47)42-29-38(25-27-49(42)59)36-22-18-33(2)19-23-36/h5-31H,1-3H3. The number of fused-ring (bicyclic) bond motifs is 6. The highest BCUT2D eigenvalue weighted by Gasteiger charge is 2.35. The molecule has 0 spiro atoms. The van der Waals surface area contributed by atoms with E-state index < -0.39 is 11.7 Å². The Bertz CT molecular complexity index is 3340. The summed E-state index contributed by atoms with van der Waals surface area (Å²) in [6, 6.07) is 53.9. The monoisotopic (exact) mass is 771 g/mol. The Morgan fingerprint density at radius 1 is 0.458 bits per heavy atom. The predicted octanol–water partition coefficient (Wildman–Crippen LogP) is 15.4. The van der Waals surface area contributed by atoms with E-state index in [0.29, 0.717) is 16.9 Å². The van der Waals surface area contributed by atoms with Crippen molar-refractivity contribution in [3.05, 3.63) is 197 Å². The van der Waals surface area contributed by atoms with Crippen molar-refractivity contribution in [2.45, 2.75) is 26.9 Å². The van der Waals surface area contributed by atoms with Crippen molar-refractivity contribution in [3.8, 4) is 44.8 Å². The van der Waals surface area contributed by atoms with Gasteiger partial charge in [0, 0.05) is 21.5 Å². The van der Waals surface area contributed by atoms with Gasteiger partial charge < -0.3 is 9.13 Å². The Balaban J connectivity index is 1.33. The normalized spacial score (nSPS) is 11.9. The fraction of sp³-hybridized carbons (Fsp3) is 0.0755. The molecule has 10 rings (SSSR count). The second-order valence-corrected chi connectivity index (χ2v) is 15.4. The van der Waals surface area contributed by atoms with Crippen LogP contribution in [-0.4, -0.2) is 9.13 Å². The third-order valence-electron chi connectivity index (χ3n) is 11.7. The van der Waals surface area contributed by atoms with Crippen LogP contribution in [0.25, 0.3) is 93.2 Å². The van der Waals surface area contributed by atoms with E-state index in [1.165, 1.54) is 17.2 Å². The van der Waals surface area contributed by atoms with Crippen molar-refractivity contribution in [1.29, 1.82) is 0 Å². The molecule has 0 aliphatic heterocycles. The largest absolute Gasteiger partial charge is 0.416 e. The maximum absolute atomic E-state index is 14.9. The Hall–Kier alpha value is -7.36. The molecule has 2 aromatic heterocycles. The SMILES string of the molecule is [C-]#[N+]c1cc(-n2c3ccccc3c3cc(-c4ccc(C)cc4)ccc32)c(-n2c3ccccc3c3cc(-c4ccc(C)cc4)ccc32)cc1-c1c(C)cccc1C(F)(F)F. The van der Waals surface area contributed by atoms with Crippen LogP contribution in [0.3, 0.4) is 0 Å². The highest BCUT2D eigenvalue weighted by Crippen LogP contribution is 2.47. The van der Waals surface area contributed by atoms with Gasteiger partial charge in [-0.2, -0.15) is 13.2 Å². The highest BCUT2D eigenvalue weighted by atomic mass is 19.4. The van der Waals surface area contributed by atoms with E-state index in [2.05, 4.69) is 137 Å². The molecule has 3 nitrogen and oxygen atoms in total. The summed E-state index contributed by atoms with van der Waals surface area (Å²) in [4.78, 5) is 3.96. The van der Waals surface area contributed by atoms with Crippen molar-refractivity contribution >= 4 is 49.3 Å². The van der Waals surface area contributed by atoms with Gasteiger partial charge in [0.25, 0.3) is 0 Å². The number of para-hydroxylation sites is 2. The van der Waals surface area contributed by atoms with Crippen LogP contribution >= 0.6 is 0 Å². The summed E-state index contributed by atoms with van der Waals surface area (Å²) in [5, 5.41) is 4.08. The summed E-state index contributed by atoms with van der Waals surface area (Å²) in [6.07, 6.45) is -4.64. The third-order valence-corrected chi connectivity index (χ3v) is 11.7. The number of nitrogens with zero attached hydrogens (tertiary/aromatic N) is 3. The van der Waals surface area contributed by atoms with E-state index in [1.54, 1.807) is 25.1 Å². The van der Waals surface area contributed by atoms with Crippen LogP contribution in [0.15, 0.2) is 164 Å². The number of aryl methyl sites for hydroxylation is 3. The zero-order valence-electron chi connectivity index (χ0n) is 32.6.